The normalized spacial score (nSPS) is 9.18. The van der Waals surface area contributed by atoms with Crippen molar-refractivity contribution in [1.82, 2.24) is 4.98 Å². The van der Waals surface area contributed by atoms with Crippen LogP contribution < -0.4 is 5.73 Å². The van der Waals surface area contributed by atoms with Gasteiger partial charge in [-0.15, -0.1) is 0 Å². The monoisotopic (exact) mass is 146 g/mol. The zero-order valence-corrected chi connectivity index (χ0v) is 6.47. The highest BCUT2D eigenvalue weighted by Crippen LogP contribution is 2.15. The largest absolute Gasteiger partial charge is 0.397 e. The number of anilines is 1. The van der Waals surface area contributed by atoms with Gasteiger partial charge in [0.2, 0.25) is 0 Å². The SMILES string of the molecule is Cc1n[c]c(C#N)c(C)c1N. The van der Waals surface area contributed by atoms with E-state index in [1.54, 1.807) is 13.8 Å². The molecule has 0 fully saturated rings. The van der Waals surface area contributed by atoms with E-state index in [1.165, 1.54) is 0 Å². The average molecular weight is 146 g/mol. The number of nitrogen functional groups attached to an aromatic ring is 1. The van der Waals surface area contributed by atoms with Gasteiger partial charge in [0, 0.05) is 0 Å². The summed E-state index contributed by atoms with van der Waals surface area (Å²) in [5.74, 6) is 0. The molecule has 0 aromatic carbocycles. The minimum Gasteiger partial charge on any atom is -0.397 e. The minimum atomic E-state index is 0.424. The van der Waals surface area contributed by atoms with Gasteiger partial charge < -0.3 is 5.73 Å². The Morgan fingerprint density at radius 1 is 1.55 bits per heavy atom. The first kappa shape index (κ1) is 7.55. The van der Waals surface area contributed by atoms with Gasteiger partial charge in [-0.1, -0.05) is 0 Å². The van der Waals surface area contributed by atoms with Crippen LogP contribution in [0.1, 0.15) is 16.8 Å². The van der Waals surface area contributed by atoms with E-state index in [0.717, 1.165) is 11.3 Å². The van der Waals surface area contributed by atoms with E-state index in [4.69, 9.17) is 11.0 Å². The molecule has 3 nitrogen and oxygen atoms in total. The molecule has 2 N–H and O–H groups in total. The van der Waals surface area contributed by atoms with Crippen molar-refractivity contribution in [3.63, 3.8) is 0 Å². The van der Waals surface area contributed by atoms with Gasteiger partial charge in [-0.3, -0.25) is 0 Å². The molecule has 1 heterocycles. The van der Waals surface area contributed by atoms with Crippen molar-refractivity contribution in [2.45, 2.75) is 13.8 Å². The third kappa shape index (κ3) is 1.15. The zero-order chi connectivity index (χ0) is 8.43. The maximum Gasteiger partial charge on any atom is 0.108 e. The van der Waals surface area contributed by atoms with Crippen LogP contribution >= 0.6 is 0 Å². The Kier molecular flexibility index (Phi) is 1.77. The predicted octanol–water partition coefficient (Wildman–Crippen LogP) is 0.953. The maximum absolute atomic E-state index is 8.56. The number of hydrogen-bond acceptors (Lipinski definition) is 3. The molecule has 0 aliphatic rings. The molecule has 1 aromatic heterocycles. The number of rotatable bonds is 0. The summed E-state index contributed by atoms with van der Waals surface area (Å²) in [6, 6.07) is 1.97. The minimum absolute atomic E-state index is 0.424. The Labute approximate surface area is 65.5 Å². The van der Waals surface area contributed by atoms with Gasteiger partial charge in [0.05, 0.1) is 16.9 Å². The van der Waals surface area contributed by atoms with Crippen LogP contribution in [0.3, 0.4) is 0 Å². The van der Waals surface area contributed by atoms with E-state index >= 15 is 0 Å². The standard InChI is InChI=1S/C8H8N3/c1-5-7(3-9)4-11-6(2)8(5)10/h10H2,1-2H3. The van der Waals surface area contributed by atoms with Crippen molar-refractivity contribution in [1.29, 1.82) is 5.26 Å². The first-order valence-corrected chi connectivity index (χ1v) is 3.21. The summed E-state index contributed by atoms with van der Waals surface area (Å²) >= 11 is 0. The molecule has 11 heavy (non-hydrogen) atoms. The van der Waals surface area contributed by atoms with Gasteiger partial charge in [-0.2, -0.15) is 5.26 Å². The Bertz CT molecular complexity index is 323. The lowest BCUT2D eigenvalue weighted by atomic mass is 10.1. The maximum atomic E-state index is 8.56. The molecule has 1 radical (unpaired) electrons. The molecule has 0 spiro atoms. The summed E-state index contributed by atoms with van der Waals surface area (Å²) < 4.78 is 0. The molecule has 0 atom stereocenters. The summed E-state index contributed by atoms with van der Waals surface area (Å²) in [5.41, 5.74) is 8.12. The molecular formula is C8H8N3. The Hall–Kier alpha value is -1.56. The van der Waals surface area contributed by atoms with Gasteiger partial charge >= 0.3 is 0 Å². The van der Waals surface area contributed by atoms with Crippen LogP contribution in [0.2, 0.25) is 0 Å². The van der Waals surface area contributed by atoms with Crippen LogP contribution in [0, 0.1) is 31.4 Å². The number of pyridine rings is 1. The van der Waals surface area contributed by atoms with E-state index in [9.17, 15) is 0 Å². The fraction of sp³-hybridized carbons (Fsp3) is 0.250. The Balaban J connectivity index is 3.40. The van der Waals surface area contributed by atoms with Crippen LogP contribution in [0.15, 0.2) is 0 Å². The van der Waals surface area contributed by atoms with E-state index in [2.05, 4.69) is 11.2 Å². The van der Waals surface area contributed by atoms with Crippen molar-refractivity contribution in [3.8, 4) is 6.07 Å². The van der Waals surface area contributed by atoms with E-state index < -0.39 is 0 Å². The quantitative estimate of drug-likeness (QED) is 0.592. The second-order valence-electron chi connectivity index (χ2n) is 2.33. The van der Waals surface area contributed by atoms with Gasteiger partial charge in [0.1, 0.15) is 12.3 Å². The second-order valence-corrected chi connectivity index (χ2v) is 2.33. The van der Waals surface area contributed by atoms with Crippen LogP contribution in [0.4, 0.5) is 5.69 Å². The first-order chi connectivity index (χ1) is 5.16. The molecule has 0 saturated heterocycles. The zero-order valence-electron chi connectivity index (χ0n) is 6.47. The molecule has 0 aliphatic carbocycles. The van der Waals surface area contributed by atoms with Gasteiger partial charge in [-0.25, -0.2) is 4.98 Å². The van der Waals surface area contributed by atoms with Crippen LogP contribution in [-0.4, -0.2) is 4.98 Å². The van der Waals surface area contributed by atoms with E-state index in [-0.39, 0.29) is 0 Å². The van der Waals surface area contributed by atoms with Crippen molar-refractivity contribution < 1.29 is 0 Å². The first-order valence-electron chi connectivity index (χ1n) is 3.21. The predicted molar refractivity (Wildman–Crippen MR) is 41.7 cm³/mol. The molecule has 0 unspecified atom stereocenters. The van der Waals surface area contributed by atoms with Crippen molar-refractivity contribution in [2.75, 3.05) is 5.73 Å². The summed E-state index contributed by atoms with van der Waals surface area (Å²) in [6.07, 6.45) is 2.60. The van der Waals surface area contributed by atoms with Gasteiger partial charge in [0.25, 0.3) is 0 Å². The van der Waals surface area contributed by atoms with E-state index in [1.807, 2.05) is 6.07 Å². The highest BCUT2D eigenvalue weighted by molar-refractivity contribution is 5.55. The summed E-state index contributed by atoms with van der Waals surface area (Å²) in [6.45, 7) is 3.58. The summed E-state index contributed by atoms with van der Waals surface area (Å²) in [7, 11) is 0. The molecule has 0 aliphatic heterocycles. The molecular weight excluding hydrogens is 138 g/mol. The second kappa shape index (κ2) is 2.59. The molecule has 0 saturated carbocycles. The lowest BCUT2D eigenvalue weighted by Gasteiger charge is -2.02. The Morgan fingerprint density at radius 3 is 2.73 bits per heavy atom. The molecule has 1 aromatic rings. The highest BCUT2D eigenvalue weighted by Gasteiger charge is 2.04. The lowest BCUT2D eigenvalue weighted by molar-refractivity contribution is 1.16. The third-order valence-corrected chi connectivity index (χ3v) is 1.62. The summed E-state index contributed by atoms with van der Waals surface area (Å²) in [4.78, 5) is 3.84. The molecule has 0 amide bonds. The van der Waals surface area contributed by atoms with Crippen molar-refractivity contribution in [2.24, 2.45) is 0 Å². The molecule has 55 valence electrons. The number of nitriles is 1. The average Bonchev–Trinajstić information content (AvgIpc) is 2.01. The summed E-state index contributed by atoms with van der Waals surface area (Å²) in [5, 5.41) is 8.56. The number of aryl methyl sites for hydroxylation is 1. The lowest BCUT2D eigenvalue weighted by Crippen LogP contribution is -1.98. The fourth-order valence-corrected chi connectivity index (χ4v) is 0.799. The molecule has 0 bridgehead atoms. The van der Waals surface area contributed by atoms with Crippen LogP contribution in [0.5, 0.6) is 0 Å². The molecule has 3 heteroatoms. The fourth-order valence-electron chi connectivity index (χ4n) is 0.799. The van der Waals surface area contributed by atoms with Gasteiger partial charge in [-0.05, 0) is 19.4 Å². The number of aromatic nitrogens is 1. The Morgan fingerprint density at radius 2 is 2.18 bits per heavy atom. The van der Waals surface area contributed by atoms with Crippen molar-refractivity contribution in [3.05, 3.63) is 23.0 Å². The number of nitrogens with two attached hydrogens (primary N) is 1. The van der Waals surface area contributed by atoms with Gasteiger partial charge in [0.15, 0.2) is 0 Å². The van der Waals surface area contributed by atoms with Crippen LogP contribution in [0.25, 0.3) is 0 Å². The highest BCUT2D eigenvalue weighted by atomic mass is 14.7. The third-order valence-electron chi connectivity index (χ3n) is 1.62. The van der Waals surface area contributed by atoms with Crippen LogP contribution in [-0.2, 0) is 0 Å². The number of hydrogen-bond donors (Lipinski definition) is 1. The van der Waals surface area contributed by atoms with E-state index in [0.29, 0.717) is 11.3 Å². The smallest absolute Gasteiger partial charge is 0.108 e. The van der Waals surface area contributed by atoms with Crippen molar-refractivity contribution >= 4 is 5.69 Å². The number of nitrogens with zero attached hydrogens (tertiary/aromatic N) is 2. The topological polar surface area (TPSA) is 62.7 Å². The molecule has 1 rings (SSSR count).